The number of nitrogens with zero attached hydrogens (tertiary/aromatic N) is 5. The monoisotopic (exact) mass is 658 g/mol. The molecule has 45 heavy (non-hydrogen) atoms. The van der Waals surface area contributed by atoms with Crippen LogP contribution in [0.3, 0.4) is 0 Å². The van der Waals surface area contributed by atoms with Gasteiger partial charge in [0.2, 0.25) is 0 Å². The summed E-state index contributed by atoms with van der Waals surface area (Å²) >= 11 is 6.45. The fourth-order valence-corrected chi connectivity index (χ4v) is 5.99. The van der Waals surface area contributed by atoms with Crippen molar-refractivity contribution in [3.05, 3.63) is 34.6 Å². The number of nitrogen functional groups attached to an aromatic ring is 1. The standard InChI is InChI=1S/C28H38ClF3N8O5/c1-2-18-15-39(26-24(29)36-23(25(34)37-26)27(43)35-7-12-41)10-11-40(18)19-5-8-38(9-6-19)14-17-3-4-20(45-28(30,31)32)13-21(17)44-16-22(33)42/h3-4,13,18-19,41H,2,5-12,14-16H2,1H3,(H2,33,42)(H2,34,37)(H,35,43)/t18-/m0/s1. The van der Waals surface area contributed by atoms with Gasteiger partial charge in [-0.15, -0.1) is 13.2 Å². The third-order valence-corrected chi connectivity index (χ3v) is 8.09. The van der Waals surface area contributed by atoms with E-state index in [1.54, 1.807) is 0 Å². The number of nitrogens with one attached hydrogen (secondary N) is 1. The Hall–Kier alpha value is -3.60. The number of ether oxygens (including phenoxy) is 2. The molecule has 0 spiro atoms. The zero-order valence-electron chi connectivity index (χ0n) is 24.9. The number of halogens is 4. The molecule has 3 heterocycles. The van der Waals surface area contributed by atoms with Gasteiger partial charge in [-0.2, -0.15) is 0 Å². The molecule has 2 fully saturated rings. The van der Waals surface area contributed by atoms with Gasteiger partial charge in [-0.25, -0.2) is 9.97 Å². The molecule has 2 aromatic rings. The number of rotatable bonds is 12. The van der Waals surface area contributed by atoms with Crippen LogP contribution in [0.15, 0.2) is 18.2 Å². The zero-order chi connectivity index (χ0) is 32.7. The number of anilines is 2. The second kappa shape index (κ2) is 15.1. The molecule has 2 saturated heterocycles. The van der Waals surface area contributed by atoms with E-state index in [1.165, 1.54) is 12.1 Å². The van der Waals surface area contributed by atoms with Crippen LogP contribution in [0.25, 0.3) is 0 Å². The van der Waals surface area contributed by atoms with Gasteiger partial charge < -0.3 is 36.3 Å². The number of aliphatic hydroxyl groups is 1. The highest BCUT2D eigenvalue weighted by Gasteiger charge is 2.35. The highest BCUT2D eigenvalue weighted by atomic mass is 35.5. The van der Waals surface area contributed by atoms with Crippen LogP contribution >= 0.6 is 11.6 Å². The largest absolute Gasteiger partial charge is 0.573 e. The molecule has 1 atom stereocenters. The summed E-state index contributed by atoms with van der Waals surface area (Å²) in [6, 6.07) is 4.38. The van der Waals surface area contributed by atoms with Crippen LogP contribution in [-0.2, 0) is 11.3 Å². The maximum atomic E-state index is 12.7. The molecule has 0 radical (unpaired) electrons. The van der Waals surface area contributed by atoms with E-state index in [2.05, 4.69) is 36.7 Å². The highest BCUT2D eigenvalue weighted by molar-refractivity contribution is 6.32. The summed E-state index contributed by atoms with van der Waals surface area (Å²) in [5, 5.41) is 11.5. The summed E-state index contributed by atoms with van der Waals surface area (Å²) in [6.07, 6.45) is -2.21. The Kier molecular flexibility index (Phi) is 11.5. The third kappa shape index (κ3) is 9.22. The van der Waals surface area contributed by atoms with Crippen LogP contribution in [0, 0.1) is 0 Å². The van der Waals surface area contributed by atoms with Crippen LogP contribution in [0.2, 0.25) is 5.15 Å². The van der Waals surface area contributed by atoms with Crippen molar-refractivity contribution in [2.75, 3.05) is 63.1 Å². The van der Waals surface area contributed by atoms with Crippen molar-refractivity contribution in [2.45, 2.75) is 51.2 Å². The molecule has 1 aromatic heterocycles. The van der Waals surface area contributed by atoms with Crippen LogP contribution in [0.1, 0.15) is 42.2 Å². The number of piperidine rings is 1. The van der Waals surface area contributed by atoms with E-state index in [-0.39, 0.29) is 41.6 Å². The van der Waals surface area contributed by atoms with E-state index in [0.29, 0.717) is 37.1 Å². The molecule has 0 aliphatic carbocycles. The Labute approximate surface area is 263 Å². The minimum Gasteiger partial charge on any atom is -0.483 e. The van der Waals surface area contributed by atoms with Gasteiger partial charge in [0.25, 0.3) is 11.8 Å². The first-order valence-corrected chi connectivity index (χ1v) is 15.0. The zero-order valence-corrected chi connectivity index (χ0v) is 25.6. The number of primary amides is 1. The number of hydrogen-bond donors (Lipinski definition) is 4. The minimum absolute atomic E-state index is 0.0432. The number of benzene rings is 1. The lowest BCUT2D eigenvalue weighted by Crippen LogP contribution is -2.58. The van der Waals surface area contributed by atoms with Crippen molar-refractivity contribution >= 4 is 35.1 Å². The molecule has 248 valence electrons. The summed E-state index contributed by atoms with van der Waals surface area (Å²) in [6.45, 7) is 5.44. The number of carbonyl (C=O) groups excluding carboxylic acids is 2. The smallest absolute Gasteiger partial charge is 0.483 e. The Morgan fingerprint density at radius 1 is 1.18 bits per heavy atom. The first kappa shape index (κ1) is 34.3. The summed E-state index contributed by atoms with van der Waals surface area (Å²) < 4.78 is 47.6. The number of amides is 2. The fraction of sp³-hybridized carbons (Fsp3) is 0.571. The van der Waals surface area contributed by atoms with Gasteiger partial charge in [-0.3, -0.25) is 19.4 Å². The SMILES string of the molecule is CC[C@H]1CN(c2nc(N)c(C(=O)NCCO)nc2Cl)CCN1C1CCN(Cc2ccc(OC(F)(F)F)cc2OCC(N)=O)CC1. The number of hydrogen-bond acceptors (Lipinski definition) is 11. The van der Waals surface area contributed by atoms with E-state index in [1.807, 2.05) is 4.90 Å². The number of likely N-dealkylation sites (tertiary alicyclic amines) is 1. The second-order valence-electron chi connectivity index (χ2n) is 10.9. The normalized spacial score (nSPS) is 18.5. The quantitative estimate of drug-likeness (QED) is 0.262. The fourth-order valence-electron chi connectivity index (χ4n) is 5.74. The summed E-state index contributed by atoms with van der Waals surface area (Å²) in [4.78, 5) is 38.8. The van der Waals surface area contributed by atoms with Gasteiger partial charge in [0.05, 0.1) is 6.61 Å². The molecule has 4 rings (SSSR count). The van der Waals surface area contributed by atoms with Crippen molar-refractivity contribution < 1.29 is 37.3 Å². The average Bonchev–Trinajstić information content (AvgIpc) is 3.00. The molecule has 0 saturated carbocycles. The van der Waals surface area contributed by atoms with E-state index >= 15 is 0 Å². The van der Waals surface area contributed by atoms with Crippen molar-refractivity contribution in [3.63, 3.8) is 0 Å². The molecule has 6 N–H and O–H groups in total. The van der Waals surface area contributed by atoms with Crippen LogP contribution in [-0.4, -0.2) is 108 Å². The summed E-state index contributed by atoms with van der Waals surface area (Å²) in [5.41, 5.74) is 11.8. The molecule has 17 heteroatoms. The molecule has 0 bridgehead atoms. The Morgan fingerprint density at radius 2 is 1.91 bits per heavy atom. The molecule has 0 unspecified atom stereocenters. The van der Waals surface area contributed by atoms with Crippen molar-refractivity contribution in [2.24, 2.45) is 5.73 Å². The number of piperazine rings is 1. The van der Waals surface area contributed by atoms with E-state index in [0.717, 1.165) is 45.0 Å². The molecular formula is C28H38ClF3N8O5. The van der Waals surface area contributed by atoms with Crippen LogP contribution < -0.4 is 31.2 Å². The molecular weight excluding hydrogens is 621 g/mol. The lowest BCUT2D eigenvalue weighted by molar-refractivity contribution is -0.274. The maximum absolute atomic E-state index is 12.7. The Balaban J connectivity index is 1.36. The molecule has 2 aliphatic rings. The van der Waals surface area contributed by atoms with E-state index in [4.69, 9.17) is 32.9 Å². The lowest BCUT2D eigenvalue weighted by Gasteiger charge is -2.47. The summed E-state index contributed by atoms with van der Waals surface area (Å²) in [7, 11) is 0. The van der Waals surface area contributed by atoms with E-state index < -0.39 is 30.5 Å². The first-order valence-electron chi connectivity index (χ1n) is 14.6. The predicted octanol–water partition coefficient (Wildman–Crippen LogP) is 1.76. The predicted molar refractivity (Wildman–Crippen MR) is 160 cm³/mol. The number of alkyl halides is 3. The number of carbonyl (C=O) groups is 2. The first-order chi connectivity index (χ1) is 21.4. The van der Waals surface area contributed by atoms with Gasteiger partial charge in [0.1, 0.15) is 11.5 Å². The van der Waals surface area contributed by atoms with Crippen LogP contribution in [0.4, 0.5) is 24.8 Å². The van der Waals surface area contributed by atoms with Crippen molar-refractivity contribution in [3.8, 4) is 11.5 Å². The van der Waals surface area contributed by atoms with E-state index in [9.17, 15) is 22.8 Å². The van der Waals surface area contributed by atoms with Gasteiger partial charge in [0.15, 0.2) is 29.1 Å². The molecule has 2 aliphatic heterocycles. The topological polar surface area (TPSA) is 172 Å². The van der Waals surface area contributed by atoms with Gasteiger partial charge in [0, 0.05) is 56.4 Å². The Morgan fingerprint density at radius 3 is 2.56 bits per heavy atom. The van der Waals surface area contributed by atoms with Gasteiger partial charge in [-0.1, -0.05) is 24.6 Å². The second-order valence-corrected chi connectivity index (χ2v) is 11.2. The Bertz CT molecular complexity index is 1350. The number of nitrogens with two attached hydrogens (primary N) is 2. The summed E-state index contributed by atoms with van der Waals surface area (Å²) in [5.74, 6) is -1.26. The average molecular weight is 659 g/mol. The van der Waals surface area contributed by atoms with Crippen LogP contribution in [0.5, 0.6) is 11.5 Å². The third-order valence-electron chi connectivity index (χ3n) is 7.84. The van der Waals surface area contributed by atoms with Gasteiger partial charge in [-0.05, 0) is 38.4 Å². The lowest BCUT2D eigenvalue weighted by atomic mass is 9.97. The number of aliphatic hydroxyl groups excluding tert-OH is 1. The maximum Gasteiger partial charge on any atom is 0.573 e. The highest BCUT2D eigenvalue weighted by Crippen LogP contribution is 2.32. The molecule has 1 aromatic carbocycles. The van der Waals surface area contributed by atoms with Gasteiger partial charge >= 0.3 is 6.36 Å². The number of aromatic nitrogens is 2. The molecule has 13 nitrogen and oxygen atoms in total. The van der Waals surface area contributed by atoms with Crippen molar-refractivity contribution in [1.29, 1.82) is 0 Å². The molecule has 2 amide bonds. The van der Waals surface area contributed by atoms with Crippen molar-refractivity contribution in [1.82, 2.24) is 25.1 Å². The minimum atomic E-state index is -4.86.